The smallest absolute Gasteiger partial charge is 0.255 e. The van der Waals surface area contributed by atoms with Gasteiger partial charge < -0.3 is 10.6 Å². The van der Waals surface area contributed by atoms with Crippen molar-refractivity contribution in [3.05, 3.63) is 33.6 Å². The van der Waals surface area contributed by atoms with Crippen LogP contribution in [0.4, 0.5) is 4.39 Å². The number of hydrogen-bond donors (Lipinski definition) is 1. The van der Waals surface area contributed by atoms with E-state index in [1.165, 1.54) is 6.07 Å². The molecule has 1 aromatic carbocycles. The molecule has 1 aliphatic rings. The number of carbonyl (C=O) groups is 1. The summed E-state index contributed by atoms with van der Waals surface area (Å²) >= 11 is 11.6. The normalized spacial score (nSPS) is 17.3. The molecule has 0 aromatic heterocycles. The molecule has 0 radical (unpaired) electrons. The van der Waals surface area contributed by atoms with Crippen LogP contribution in [0.15, 0.2) is 12.1 Å². The van der Waals surface area contributed by atoms with Crippen molar-refractivity contribution in [3.63, 3.8) is 0 Å². The van der Waals surface area contributed by atoms with Crippen molar-refractivity contribution in [1.82, 2.24) is 4.90 Å². The van der Waals surface area contributed by atoms with Gasteiger partial charge in [-0.3, -0.25) is 4.79 Å². The summed E-state index contributed by atoms with van der Waals surface area (Å²) in [4.78, 5) is 14.0. The molecule has 1 atom stereocenters. The van der Waals surface area contributed by atoms with Crippen LogP contribution >= 0.6 is 35.6 Å². The number of rotatable bonds is 2. The third-order valence-corrected chi connectivity index (χ3v) is 4.41. The summed E-state index contributed by atoms with van der Waals surface area (Å²) in [7, 11) is 0. The minimum atomic E-state index is -0.634. The quantitative estimate of drug-likeness (QED) is 0.821. The van der Waals surface area contributed by atoms with E-state index in [4.69, 9.17) is 28.9 Å². The fourth-order valence-corrected chi connectivity index (χ4v) is 2.95. The molecule has 118 valence electrons. The zero-order valence-corrected chi connectivity index (χ0v) is 13.9. The van der Waals surface area contributed by atoms with E-state index in [0.717, 1.165) is 18.9 Å². The van der Waals surface area contributed by atoms with Crippen molar-refractivity contribution < 1.29 is 9.18 Å². The summed E-state index contributed by atoms with van der Waals surface area (Å²) < 4.78 is 13.5. The Morgan fingerprint density at radius 3 is 2.43 bits per heavy atom. The first-order valence-electron chi connectivity index (χ1n) is 6.59. The second kappa shape index (κ2) is 7.63. The fourth-order valence-electron chi connectivity index (χ4n) is 2.49. The first-order chi connectivity index (χ1) is 9.40. The van der Waals surface area contributed by atoms with Gasteiger partial charge in [0, 0.05) is 19.1 Å². The van der Waals surface area contributed by atoms with E-state index < -0.39 is 5.82 Å². The summed E-state index contributed by atoms with van der Waals surface area (Å²) in [6.07, 6.45) is 1.72. The van der Waals surface area contributed by atoms with Crippen LogP contribution in [-0.2, 0) is 0 Å². The SMILES string of the molecule is CC(N)C1CCN(C(=O)c2cc(F)c(Cl)cc2Cl)CC1.Cl. The minimum absolute atomic E-state index is 0. The van der Waals surface area contributed by atoms with Crippen molar-refractivity contribution in [3.8, 4) is 0 Å². The lowest BCUT2D eigenvalue weighted by atomic mass is 9.90. The predicted molar refractivity (Wildman–Crippen MR) is 85.9 cm³/mol. The molecular weight excluding hydrogens is 338 g/mol. The van der Waals surface area contributed by atoms with Crippen molar-refractivity contribution >= 4 is 41.5 Å². The number of carbonyl (C=O) groups excluding carboxylic acids is 1. The highest BCUT2D eigenvalue weighted by atomic mass is 35.5. The highest BCUT2D eigenvalue weighted by Crippen LogP contribution is 2.27. The van der Waals surface area contributed by atoms with E-state index in [1.807, 2.05) is 6.92 Å². The summed E-state index contributed by atoms with van der Waals surface area (Å²) in [6, 6.07) is 2.49. The van der Waals surface area contributed by atoms with Crippen molar-refractivity contribution in [2.75, 3.05) is 13.1 Å². The number of hydrogen-bond acceptors (Lipinski definition) is 2. The zero-order chi connectivity index (χ0) is 14.9. The Labute approximate surface area is 140 Å². The molecule has 1 aromatic rings. The molecule has 1 amide bonds. The van der Waals surface area contributed by atoms with Gasteiger partial charge in [0.05, 0.1) is 15.6 Å². The molecule has 2 rings (SSSR count). The third kappa shape index (κ3) is 4.22. The maximum Gasteiger partial charge on any atom is 0.255 e. The third-order valence-electron chi connectivity index (χ3n) is 3.81. The Bertz CT molecular complexity index is 517. The molecule has 1 saturated heterocycles. The Kier molecular flexibility index (Phi) is 6.72. The molecule has 0 spiro atoms. The van der Waals surface area contributed by atoms with E-state index >= 15 is 0 Å². The van der Waals surface area contributed by atoms with Gasteiger partial charge in [0.1, 0.15) is 5.82 Å². The van der Waals surface area contributed by atoms with Gasteiger partial charge in [-0.05, 0) is 37.8 Å². The fraction of sp³-hybridized carbons (Fsp3) is 0.500. The number of benzene rings is 1. The Hall–Kier alpha value is -0.550. The van der Waals surface area contributed by atoms with Crippen LogP contribution in [0.5, 0.6) is 0 Å². The van der Waals surface area contributed by atoms with Crippen LogP contribution in [0.1, 0.15) is 30.1 Å². The molecular formula is C14H18Cl3FN2O. The number of halogens is 4. The maximum atomic E-state index is 13.5. The van der Waals surface area contributed by atoms with Gasteiger partial charge in [0.2, 0.25) is 0 Å². The molecule has 1 heterocycles. The molecule has 2 N–H and O–H groups in total. The van der Waals surface area contributed by atoms with Crippen LogP contribution in [0.25, 0.3) is 0 Å². The molecule has 0 bridgehead atoms. The summed E-state index contributed by atoms with van der Waals surface area (Å²) in [5.74, 6) is -0.463. The number of piperidine rings is 1. The van der Waals surface area contributed by atoms with Gasteiger partial charge in [-0.15, -0.1) is 12.4 Å². The van der Waals surface area contributed by atoms with E-state index in [-0.39, 0.29) is 40.0 Å². The number of nitrogens with two attached hydrogens (primary N) is 1. The first kappa shape index (κ1) is 18.5. The van der Waals surface area contributed by atoms with E-state index in [0.29, 0.717) is 19.0 Å². The van der Waals surface area contributed by atoms with Gasteiger partial charge in [0.25, 0.3) is 5.91 Å². The van der Waals surface area contributed by atoms with Crippen LogP contribution in [0, 0.1) is 11.7 Å². The monoisotopic (exact) mass is 354 g/mol. The van der Waals surface area contributed by atoms with E-state index in [9.17, 15) is 9.18 Å². The first-order valence-corrected chi connectivity index (χ1v) is 7.35. The van der Waals surface area contributed by atoms with E-state index in [1.54, 1.807) is 4.90 Å². The highest BCUT2D eigenvalue weighted by molar-refractivity contribution is 6.36. The van der Waals surface area contributed by atoms with Gasteiger partial charge in [-0.1, -0.05) is 23.2 Å². The molecule has 1 aliphatic heterocycles. The predicted octanol–water partition coefficient (Wildman–Crippen LogP) is 3.75. The number of amides is 1. The van der Waals surface area contributed by atoms with Crippen LogP contribution in [0.2, 0.25) is 10.0 Å². The topological polar surface area (TPSA) is 46.3 Å². The van der Waals surface area contributed by atoms with Crippen LogP contribution in [0.3, 0.4) is 0 Å². The Balaban J connectivity index is 0.00000220. The van der Waals surface area contributed by atoms with Crippen molar-refractivity contribution in [2.45, 2.75) is 25.8 Å². The maximum absolute atomic E-state index is 13.5. The van der Waals surface area contributed by atoms with Gasteiger partial charge in [0.15, 0.2) is 0 Å². The second-order valence-corrected chi connectivity index (χ2v) is 6.05. The van der Waals surface area contributed by atoms with Gasteiger partial charge >= 0.3 is 0 Å². The largest absolute Gasteiger partial charge is 0.339 e. The molecule has 1 fully saturated rings. The average Bonchev–Trinajstić information content (AvgIpc) is 2.42. The summed E-state index contributed by atoms with van der Waals surface area (Å²) in [5.41, 5.74) is 6.03. The lowest BCUT2D eigenvalue weighted by Gasteiger charge is -2.33. The zero-order valence-electron chi connectivity index (χ0n) is 11.6. The Morgan fingerprint density at radius 1 is 1.33 bits per heavy atom. The van der Waals surface area contributed by atoms with E-state index in [2.05, 4.69) is 0 Å². The van der Waals surface area contributed by atoms with Gasteiger partial charge in [-0.25, -0.2) is 4.39 Å². The lowest BCUT2D eigenvalue weighted by molar-refractivity contribution is 0.0680. The molecule has 1 unspecified atom stereocenters. The minimum Gasteiger partial charge on any atom is -0.339 e. The highest BCUT2D eigenvalue weighted by Gasteiger charge is 2.27. The van der Waals surface area contributed by atoms with Crippen LogP contribution < -0.4 is 5.73 Å². The number of likely N-dealkylation sites (tertiary alicyclic amines) is 1. The van der Waals surface area contributed by atoms with Crippen molar-refractivity contribution in [2.24, 2.45) is 11.7 Å². The van der Waals surface area contributed by atoms with Crippen LogP contribution in [-0.4, -0.2) is 29.9 Å². The average molecular weight is 356 g/mol. The standard InChI is InChI=1S/C14H17Cl2FN2O.ClH/c1-8(18)9-2-4-19(5-3-9)14(20)10-6-13(17)12(16)7-11(10)15;/h6-9H,2-5,18H2,1H3;1H. The molecule has 0 aliphatic carbocycles. The summed E-state index contributed by atoms with van der Waals surface area (Å²) in [5, 5.41) is 0.0953. The molecule has 3 nitrogen and oxygen atoms in total. The Morgan fingerprint density at radius 2 is 1.90 bits per heavy atom. The molecule has 7 heteroatoms. The van der Waals surface area contributed by atoms with Gasteiger partial charge in [-0.2, -0.15) is 0 Å². The number of nitrogens with zero attached hydrogens (tertiary/aromatic N) is 1. The lowest BCUT2D eigenvalue weighted by Crippen LogP contribution is -2.42. The second-order valence-electron chi connectivity index (χ2n) is 5.23. The molecule has 0 saturated carbocycles. The van der Waals surface area contributed by atoms with Crippen molar-refractivity contribution in [1.29, 1.82) is 0 Å². The summed E-state index contributed by atoms with van der Waals surface area (Å²) in [6.45, 7) is 3.21. The molecule has 21 heavy (non-hydrogen) atoms.